The van der Waals surface area contributed by atoms with Crippen molar-refractivity contribution in [3.63, 3.8) is 0 Å². The van der Waals surface area contributed by atoms with Crippen molar-refractivity contribution in [1.29, 1.82) is 0 Å². The Labute approximate surface area is 82.7 Å². The zero-order valence-corrected chi connectivity index (χ0v) is 9.65. The molecule has 0 N–H and O–H groups in total. The van der Waals surface area contributed by atoms with E-state index in [9.17, 15) is 4.79 Å². The fourth-order valence-corrected chi connectivity index (χ4v) is 1.68. The number of amides is 1. The van der Waals surface area contributed by atoms with Crippen LogP contribution in [0, 0.1) is 5.92 Å². The van der Waals surface area contributed by atoms with Crippen LogP contribution in [0.15, 0.2) is 0 Å². The van der Waals surface area contributed by atoms with Crippen molar-refractivity contribution in [2.24, 2.45) is 5.92 Å². The van der Waals surface area contributed by atoms with Crippen molar-refractivity contribution in [2.75, 3.05) is 26.2 Å². The predicted octanol–water partition coefficient (Wildman–Crippen LogP) is 0.967. The summed E-state index contributed by atoms with van der Waals surface area (Å²) in [6.07, 6.45) is 0.691. The zero-order valence-electron chi connectivity index (χ0n) is 8.49. The molecule has 76 valence electrons. The lowest BCUT2D eigenvalue weighted by Crippen LogP contribution is -2.45. The number of nitrogens with zero attached hydrogens (tertiary/aromatic N) is 2. The van der Waals surface area contributed by atoms with Gasteiger partial charge in [-0.1, -0.05) is 23.2 Å². The molecule has 0 aromatic rings. The van der Waals surface area contributed by atoms with Crippen molar-refractivity contribution in [2.45, 2.75) is 20.3 Å². The van der Waals surface area contributed by atoms with Gasteiger partial charge in [0.25, 0.3) is 0 Å². The van der Waals surface area contributed by atoms with E-state index in [4.69, 9.17) is 0 Å². The summed E-state index contributed by atoms with van der Waals surface area (Å²) >= 11 is 0. The molecule has 0 aromatic carbocycles. The van der Waals surface area contributed by atoms with Crippen molar-refractivity contribution in [1.82, 2.24) is 9.57 Å². The van der Waals surface area contributed by atoms with Gasteiger partial charge in [-0.2, -0.15) is 0 Å². The first kappa shape index (κ1) is 10.9. The second kappa shape index (κ2) is 4.92. The van der Waals surface area contributed by atoms with Crippen LogP contribution >= 0.6 is 9.39 Å². The maximum absolute atomic E-state index is 11.6. The van der Waals surface area contributed by atoms with Crippen LogP contribution in [0.2, 0.25) is 0 Å². The van der Waals surface area contributed by atoms with E-state index in [0.29, 0.717) is 18.2 Å². The summed E-state index contributed by atoms with van der Waals surface area (Å²) in [5, 5.41) is 0. The molecule has 1 heterocycles. The third kappa shape index (κ3) is 3.61. The van der Waals surface area contributed by atoms with E-state index < -0.39 is 0 Å². The SMILES string of the molecule is CC(C)CC(=O)N1CCN(P)CC1. The molecular weight excluding hydrogens is 183 g/mol. The molecule has 0 aromatic heterocycles. The summed E-state index contributed by atoms with van der Waals surface area (Å²) < 4.78 is 2.18. The molecule has 4 heteroatoms. The highest BCUT2D eigenvalue weighted by Crippen LogP contribution is 2.09. The third-order valence-corrected chi connectivity index (χ3v) is 2.77. The maximum Gasteiger partial charge on any atom is 0.222 e. The largest absolute Gasteiger partial charge is 0.340 e. The van der Waals surface area contributed by atoms with Gasteiger partial charge in [0.1, 0.15) is 0 Å². The third-order valence-electron chi connectivity index (χ3n) is 2.25. The molecule has 0 saturated carbocycles. The highest BCUT2D eigenvalue weighted by Gasteiger charge is 2.19. The van der Waals surface area contributed by atoms with Gasteiger partial charge in [0, 0.05) is 32.6 Å². The first-order valence-corrected chi connectivity index (χ1v) is 5.38. The lowest BCUT2D eigenvalue weighted by molar-refractivity contribution is -0.133. The Morgan fingerprint density at radius 2 is 1.85 bits per heavy atom. The lowest BCUT2D eigenvalue weighted by atomic mass is 10.1. The van der Waals surface area contributed by atoms with Crippen LogP contribution in [-0.2, 0) is 4.79 Å². The van der Waals surface area contributed by atoms with E-state index in [2.05, 4.69) is 27.9 Å². The number of hydrogen-bond acceptors (Lipinski definition) is 2. The van der Waals surface area contributed by atoms with Gasteiger partial charge in [0.05, 0.1) is 0 Å². The average Bonchev–Trinajstić information content (AvgIpc) is 2.04. The Hall–Kier alpha value is -0.140. The Kier molecular flexibility index (Phi) is 4.14. The lowest BCUT2D eigenvalue weighted by Gasteiger charge is -2.32. The number of carbonyl (C=O) groups is 1. The molecule has 0 spiro atoms. The molecule has 0 radical (unpaired) electrons. The van der Waals surface area contributed by atoms with Gasteiger partial charge in [0.15, 0.2) is 0 Å². The molecule has 0 aliphatic carbocycles. The van der Waals surface area contributed by atoms with E-state index in [1.807, 2.05) is 4.90 Å². The molecule has 3 nitrogen and oxygen atoms in total. The summed E-state index contributed by atoms with van der Waals surface area (Å²) in [5.41, 5.74) is 0. The monoisotopic (exact) mass is 202 g/mol. The fourth-order valence-electron chi connectivity index (χ4n) is 1.45. The van der Waals surface area contributed by atoms with Gasteiger partial charge in [-0.15, -0.1) is 0 Å². The van der Waals surface area contributed by atoms with E-state index in [1.165, 1.54) is 0 Å². The van der Waals surface area contributed by atoms with Gasteiger partial charge in [-0.25, -0.2) is 0 Å². The van der Waals surface area contributed by atoms with Gasteiger partial charge in [-0.3, -0.25) is 9.46 Å². The molecule has 1 amide bonds. The summed E-state index contributed by atoms with van der Waals surface area (Å²) in [6, 6.07) is 0. The molecule has 1 saturated heterocycles. The Bertz CT molecular complexity index is 176. The molecule has 1 atom stereocenters. The number of hydrogen-bond donors (Lipinski definition) is 0. The maximum atomic E-state index is 11.6. The summed E-state index contributed by atoms with van der Waals surface area (Å²) in [4.78, 5) is 13.6. The van der Waals surface area contributed by atoms with Crippen molar-refractivity contribution >= 4 is 15.3 Å². The van der Waals surface area contributed by atoms with Gasteiger partial charge in [-0.05, 0) is 5.92 Å². The van der Waals surface area contributed by atoms with Crippen LogP contribution in [0.5, 0.6) is 0 Å². The molecular formula is C9H19N2OP. The molecule has 1 aliphatic rings. The number of carbonyl (C=O) groups excluding carboxylic acids is 1. The van der Waals surface area contributed by atoms with Crippen LogP contribution in [0.25, 0.3) is 0 Å². The topological polar surface area (TPSA) is 23.6 Å². The zero-order chi connectivity index (χ0) is 9.84. The van der Waals surface area contributed by atoms with E-state index >= 15 is 0 Å². The first-order valence-electron chi connectivity index (χ1n) is 4.87. The highest BCUT2D eigenvalue weighted by molar-refractivity contribution is 7.13. The molecule has 1 unspecified atom stereocenters. The summed E-state index contributed by atoms with van der Waals surface area (Å²) in [6.45, 7) is 7.90. The minimum Gasteiger partial charge on any atom is -0.340 e. The highest BCUT2D eigenvalue weighted by atomic mass is 31.0. The molecule has 1 aliphatic heterocycles. The summed E-state index contributed by atoms with van der Waals surface area (Å²) in [5.74, 6) is 0.787. The van der Waals surface area contributed by atoms with Crippen LogP contribution in [0.4, 0.5) is 0 Å². The standard InChI is InChI=1S/C9H19N2OP/c1-8(2)7-9(12)10-3-5-11(13)6-4-10/h8H,3-7,13H2,1-2H3. The molecule has 13 heavy (non-hydrogen) atoms. The number of piperazine rings is 1. The predicted molar refractivity (Wildman–Crippen MR) is 57.3 cm³/mol. The second-order valence-electron chi connectivity index (χ2n) is 4.01. The minimum absolute atomic E-state index is 0.313. The van der Waals surface area contributed by atoms with Crippen molar-refractivity contribution in [3.05, 3.63) is 0 Å². The fraction of sp³-hybridized carbons (Fsp3) is 0.889. The second-order valence-corrected chi connectivity index (χ2v) is 4.75. The van der Waals surface area contributed by atoms with Crippen LogP contribution in [0.3, 0.4) is 0 Å². The van der Waals surface area contributed by atoms with Gasteiger partial charge in [0.2, 0.25) is 5.91 Å². The van der Waals surface area contributed by atoms with Crippen LogP contribution in [0.1, 0.15) is 20.3 Å². The Morgan fingerprint density at radius 3 is 2.31 bits per heavy atom. The van der Waals surface area contributed by atoms with E-state index in [1.54, 1.807) is 0 Å². The molecule has 1 fully saturated rings. The van der Waals surface area contributed by atoms with Gasteiger partial charge < -0.3 is 4.90 Å². The van der Waals surface area contributed by atoms with Crippen LogP contribution < -0.4 is 0 Å². The van der Waals surface area contributed by atoms with Crippen LogP contribution in [-0.4, -0.2) is 41.7 Å². The Balaban J connectivity index is 2.31. The smallest absolute Gasteiger partial charge is 0.222 e. The van der Waals surface area contributed by atoms with E-state index in [0.717, 1.165) is 26.2 Å². The summed E-state index contributed by atoms with van der Waals surface area (Å²) in [7, 11) is 2.68. The first-order chi connectivity index (χ1) is 6.09. The average molecular weight is 202 g/mol. The molecule has 1 rings (SSSR count). The normalized spacial score (nSPS) is 19.5. The van der Waals surface area contributed by atoms with Crippen molar-refractivity contribution < 1.29 is 4.79 Å². The van der Waals surface area contributed by atoms with E-state index in [-0.39, 0.29) is 0 Å². The number of rotatable bonds is 2. The molecule has 0 bridgehead atoms. The van der Waals surface area contributed by atoms with Gasteiger partial charge >= 0.3 is 0 Å². The quantitative estimate of drug-likeness (QED) is 0.623. The minimum atomic E-state index is 0.313. The van der Waals surface area contributed by atoms with Crippen molar-refractivity contribution in [3.8, 4) is 0 Å². The Morgan fingerprint density at radius 1 is 1.31 bits per heavy atom.